The fourth-order valence-electron chi connectivity index (χ4n) is 1.83. The highest BCUT2D eigenvalue weighted by molar-refractivity contribution is 5.99. The Morgan fingerprint density at radius 1 is 1.40 bits per heavy atom. The molecule has 2 N–H and O–H groups in total. The molecule has 0 saturated heterocycles. The number of nitro groups is 1. The Labute approximate surface area is 118 Å². The number of hydrogen-bond donors (Lipinski definition) is 1. The van der Waals surface area contributed by atoms with E-state index in [1.165, 1.54) is 23.1 Å². The van der Waals surface area contributed by atoms with Crippen molar-refractivity contribution >= 4 is 17.3 Å². The van der Waals surface area contributed by atoms with E-state index in [4.69, 9.17) is 5.73 Å². The third kappa shape index (κ3) is 3.26. The van der Waals surface area contributed by atoms with Crippen LogP contribution in [0.2, 0.25) is 0 Å². The first-order valence-electron chi connectivity index (χ1n) is 6.36. The summed E-state index contributed by atoms with van der Waals surface area (Å²) in [6.45, 7) is 7.94. The van der Waals surface area contributed by atoms with Gasteiger partial charge in [-0.3, -0.25) is 14.9 Å². The highest BCUT2D eigenvalue weighted by atomic mass is 16.6. The van der Waals surface area contributed by atoms with Crippen molar-refractivity contribution in [2.75, 3.05) is 12.8 Å². The summed E-state index contributed by atoms with van der Waals surface area (Å²) in [5.74, 6) is -0.397. The normalized spacial score (nSPS) is 12.8. The number of rotatable bonds is 3. The zero-order chi connectivity index (χ0) is 15.7. The summed E-state index contributed by atoms with van der Waals surface area (Å²) in [5, 5.41) is 11.0. The molecule has 0 radical (unpaired) electrons. The molecular formula is C14H21N3O3. The van der Waals surface area contributed by atoms with Gasteiger partial charge in [-0.05, 0) is 24.5 Å². The SMILES string of the molecule is CC(N(C)C(=O)c1cc(N)ccc1[N+](=O)[O-])C(C)(C)C. The van der Waals surface area contributed by atoms with Gasteiger partial charge in [0.15, 0.2) is 0 Å². The van der Waals surface area contributed by atoms with Crippen molar-refractivity contribution in [2.24, 2.45) is 5.41 Å². The summed E-state index contributed by atoms with van der Waals surface area (Å²) < 4.78 is 0. The van der Waals surface area contributed by atoms with Gasteiger partial charge >= 0.3 is 0 Å². The van der Waals surface area contributed by atoms with Gasteiger partial charge in [0, 0.05) is 24.8 Å². The molecule has 110 valence electrons. The van der Waals surface area contributed by atoms with Crippen molar-refractivity contribution in [3.63, 3.8) is 0 Å². The number of nitrogen functional groups attached to an aromatic ring is 1. The number of carbonyl (C=O) groups excluding carboxylic acids is 1. The molecule has 0 aliphatic rings. The van der Waals surface area contributed by atoms with Crippen LogP contribution < -0.4 is 5.73 Å². The van der Waals surface area contributed by atoms with Gasteiger partial charge < -0.3 is 10.6 Å². The quantitative estimate of drug-likeness (QED) is 0.523. The van der Waals surface area contributed by atoms with Crippen molar-refractivity contribution in [1.29, 1.82) is 0 Å². The first-order valence-corrected chi connectivity index (χ1v) is 6.36. The number of carbonyl (C=O) groups is 1. The Hall–Kier alpha value is -2.11. The van der Waals surface area contributed by atoms with Crippen LogP contribution in [0, 0.1) is 15.5 Å². The van der Waals surface area contributed by atoms with Gasteiger partial charge in [-0.1, -0.05) is 20.8 Å². The standard InChI is InChI=1S/C14H21N3O3/c1-9(14(2,3)4)16(5)13(18)11-8-10(15)6-7-12(11)17(19)20/h6-9H,15H2,1-5H3. The Morgan fingerprint density at radius 2 is 1.95 bits per heavy atom. The summed E-state index contributed by atoms with van der Waals surface area (Å²) in [6.07, 6.45) is 0. The zero-order valence-electron chi connectivity index (χ0n) is 12.5. The predicted octanol–water partition coefficient (Wildman–Crippen LogP) is 2.68. The van der Waals surface area contributed by atoms with Crippen LogP contribution in [0.3, 0.4) is 0 Å². The monoisotopic (exact) mass is 279 g/mol. The Balaban J connectivity index is 3.21. The molecule has 6 heteroatoms. The Bertz CT molecular complexity index is 535. The van der Waals surface area contributed by atoms with Crippen molar-refractivity contribution in [1.82, 2.24) is 4.90 Å². The van der Waals surface area contributed by atoms with E-state index in [1.54, 1.807) is 7.05 Å². The van der Waals surface area contributed by atoms with E-state index in [9.17, 15) is 14.9 Å². The van der Waals surface area contributed by atoms with Crippen molar-refractivity contribution < 1.29 is 9.72 Å². The molecule has 0 aromatic heterocycles. The first kappa shape index (κ1) is 15.9. The highest BCUT2D eigenvalue weighted by Crippen LogP contribution is 2.27. The topological polar surface area (TPSA) is 89.5 Å². The molecule has 0 bridgehead atoms. The summed E-state index contributed by atoms with van der Waals surface area (Å²) >= 11 is 0. The summed E-state index contributed by atoms with van der Waals surface area (Å²) in [4.78, 5) is 24.4. The minimum Gasteiger partial charge on any atom is -0.399 e. The molecule has 1 aromatic carbocycles. The van der Waals surface area contributed by atoms with Crippen molar-refractivity contribution in [3.8, 4) is 0 Å². The second kappa shape index (κ2) is 5.48. The van der Waals surface area contributed by atoms with Crippen LogP contribution in [0.1, 0.15) is 38.1 Å². The number of amides is 1. The van der Waals surface area contributed by atoms with Crippen LogP contribution in [0.25, 0.3) is 0 Å². The highest BCUT2D eigenvalue weighted by Gasteiger charge is 2.30. The van der Waals surface area contributed by atoms with Crippen LogP contribution in [-0.4, -0.2) is 28.8 Å². The average Bonchev–Trinajstić information content (AvgIpc) is 2.34. The zero-order valence-corrected chi connectivity index (χ0v) is 12.5. The van der Waals surface area contributed by atoms with Gasteiger partial charge in [-0.25, -0.2) is 0 Å². The molecule has 20 heavy (non-hydrogen) atoms. The minimum atomic E-state index is -0.567. The second-order valence-corrected chi connectivity index (χ2v) is 5.99. The lowest BCUT2D eigenvalue weighted by Gasteiger charge is -2.35. The van der Waals surface area contributed by atoms with Crippen LogP contribution in [0.5, 0.6) is 0 Å². The molecule has 0 spiro atoms. The van der Waals surface area contributed by atoms with Gasteiger partial charge in [-0.15, -0.1) is 0 Å². The van der Waals surface area contributed by atoms with E-state index in [0.29, 0.717) is 5.69 Å². The molecule has 0 fully saturated rings. The van der Waals surface area contributed by atoms with Gasteiger partial charge in [0.05, 0.1) is 4.92 Å². The maximum Gasteiger partial charge on any atom is 0.282 e. The number of nitrogens with zero attached hydrogens (tertiary/aromatic N) is 2. The minimum absolute atomic E-state index is 0.0219. The van der Waals surface area contributed by atoms with Gasteiger partial charge in [0.1, 0.15) is 5.56 Å². The molecular weight excluding hydrogens is 258 g/mol. The third-order valence-corrected chi connectivity index (χ3v) is 3.60. The molecule has 6 nitrogen and oxygen atoms in total. The molecule has 0 aliphatic heterocycles. The predicted molar refractivity (Wildman–Crippen MR) is 78.5 cm³/mol. The van der Waals surface area contributed by atoms with Gasteiger partial charge in [0.2, 0.25) is 0 Å². The number of nitrogens with two attached hydrogens (primary N) is 1. The Kier molecular flexibility index (Phi) is 4.37. The maximum absolute atomic E-state index is 12.5. The smallest absolute Gasteiger partial charge is 0.282 e. The lowest BCUT2D eigenvalue weighted by molar-refractivity contribution is -0.385. The number of anilines is 1. The van der Waals surface area contributed by atoms with Crippen LogP contribution in [-0.2, 0) is 0 Å². The molecule has 0 saturated carbocycles. The summed E-state index contributed by atoms with van der Waals surface area (Å²) in [5.41, 5.74) is 5.64. The molecule has 1 rings (SSSR count). The van der Waals surface area contributed by atoms with E-state index in [0.717, 1.165) is 0 Å². The molecule has 1 atom stereocenters. The number of nitro benzene ring substituents is 1. The molecule has 0 aliphatic carbocycles. The molecule has 1 amide bonds. The average molecular weight is 279 g/mol. The van der Waals surface area contributed by atoms with Crippen LogP contribution >= 0.6 is 0 Å². The molecule has 1 unspecified atom stereocenters. The first-order chi connectivity index (χ1) is 9.05. The van der Waals surface area contributed by atoms with Crippen LogP contribution in [0.15, 0.2) is 18.2 Å². The van der Waals surface area contributed by atoms with Crippen molar-refractivity contribution in [3.05, 3.63) is 33.9 Å². The van der Waals surface area contributed by atoms with Gasteiger partial charge in [-0.2, -0.15) is 0 Å². The lowest BCUT2D eigenvalue weighted by atomic mass is 9.87. The van der Waals surface area contributed by atoms with Crippen molar-refractivity contribution in [2.45, 2.75) is 33.7 Å². The molecule has 1 aromatic rings. The number of benzene rings is 1. The fraction of sp³-hybridized carbons (Fsp3) is 0.500. The third-order valence-electron chi connectivity index (χ3n) is 3.60. The van der Waals surface area contributed by atoms with E-state index in [1.807, 2.05) is 27.7 Å². The Morgan fingerprint density at radius 3 is 2.40 bits per heavy atom. The summed E-state index contributed by atoms with van der Waals surface area (Å²) in [7, 11) is 1.64. The fourth-order valence-corrected chi connectivity index (χ4v) is 1.83. The van der Waals surface area contributed by atoms with E-state index < -0.39 is 10.8 Å². The molecule has 0 heterocycles. The largest absolute Gasteiger partial charge is 0.399 e. The van der Waals surface area contributed by atoms with E-state index in [2.05, 4.69) is 0 Å². The van der Waals surface area contributed by atoms with E-state index >= 15 is 0 Å². The number of hydrogen-bond acceptors (Lipinski definition) is 4. The lowest BCUT2D eigenvalue weighted by Crippen LogP contribution is -2.43. The van der Waals surface area contributed by atoms with Crippen LogP contribution in [0.4, 0.5) is 11.4 Å². The maximum atomic E-state index is 12.5. The summed E-state index contributed by atoms with van der Waals surface area (Å²) in [6, 6.07) is 3.96. The van der Waals surface area contributed by atoms with Gasteiger partial charge in [0.25, 0.3) is 11.6 Å². The van der Waals surface area contributed by atoms with E-state index in [-0.39, 0.29) is 22.7 Å². The second-order valence-electron chi connectivity index (χ2n) is 5.99.